The molecule has 1 nitrogen and oxygen atoms in total. The summed E-state index contributed by atoms with van der Waals surface area (Å²) >= 11 is 0. The number of hydrogen-bond acceptors (Lipinski definition) is 1. The summed E-state index contributed by atoms with van der Waals surface area (Å²) in [7, 11) is 0.669. The van der Waals surface area contributed by atoms with Gasteiger partial charge in [0.2, 0.25) is 0 Å². The quantitative estimate of drug-likeness (QED) is 0.479. The second-order valence-corrected chi connectivity index (χ2v) is 4.88. The molecule has 0 bridgehead atoms. The number of aliphatic hydroxyl groups is 1. The molecule has 0 saturated carbocycles. The predicted molar refractivity (Wildman–Crippen MR) is 55.6 cm³/mol. The van der Waals surface area contributed by atoms with E-state index < -0.39 is 0 Å². The molecular formula is C10H22OSi. The highest BCUT2D eigenvalue weighted by Crippen LogP contribution is 2.17. The van der Waals surface area contributed by atoms with Crippen molar-refractivity contribution in [3.63, 3.8) is 0 Å². The standard InChI is InChI=1S/C10H22OSi/c1-4-6-7-8-9-10(11,5-2)12-3/h11H,4-9H2,1-3H3. The second kappa shape index (κ2) is 6.67. The van der Waals surface area contributed by atoms with Crippen molar-refractivity contribution in [1.29, 1.82) is 0 Å². The molecule has 2 radical (unpaired) electrons. The van der Waals surface area contributed by atoms with Gasteiger partial charge in [-0.05, 0) is 12.8 Å². The van der Waals surface area contributed by atoms with Crippen LogP contribution in [-0.4, -0.2) is 19.9 Å². The summed E-state index contributed by atoms with van der Waals surface area (Å²) in [6.07, 6.45) is 6.97. The number of rotatable bonds is 7. The van der Waals surface area contributed by atoms with Crippen molar-refractivity contribution in [2.75, 3.05) is 0 Å². The van der Waals surface area contributed by atoms with Crippen molar-refractivity contribution < 1.29 is 5.11 Å². The van der Waals surface area contributed by atoms with Gasteiger partial charge in [0.05, 0.1) is 14.7 Å². The van der Waals surface area contributed by atoms with E-state index in [9.17, 15) is 5.11 Å². The van der Waals surface area contributed by atoms with Gasteiger partial charge in [0.1, 0.15) is 0 Å². The van der Waals surface area contributed by atoms with Gasteiger partial charge in [-0.2, -0.15) is 0 Å². The molecular weight excluding hydrogens is 164 g/mol. The lowest BCUT2D eigenvalue weighted by molar-refractivity contribution is 0.107. The minimum atomic E-state index is -0.340. The SMILES string of the molecule is CCCCCCC(O)(CC)[Si]C. The Bertz CT molecular complexity index is 100. The van der Waals surface area contributed by atoms with Crippen molar-refractivity contribution >= 4 is 9.52 Å². The van der Waals surface area contributed by atoms with Crippen molar-refractivity contribution in [3.8, 4) is 0 Å². The summed E-state index contributed by atoms with van der Waals surface area (Å²) in [5, 5.41) is 9.60. The zero-order chi connectivity index (χ0) is 9.45. The average molecular weight is 186 g/mol. The molecule has 0 aliphatic rings. The van der Waals surface area contributed by atoms with Gasteiger partial charge in [-0.1, -0.05) is 46.1 Å². The Labute approximate surface area is 79.4 Å². The van der Waals surface area contributed by atoms with E-state index in [2.05, 4.69) is 20.4 Å². The monoisotopic (exact) mass is 186 g/mol. The van der Waals surface area contributed by atoms with Crippen molar-refractivity contribution in [3.05, 3.63) is 0 Å². The van der Waals surface area contributed by atoms with Crippen LogP contribution in [0.25, 0.3) is 0 Å². The van der Waals surface area contributed by atoms with E-state index in [4.69, 9.17) is 0 Å². The Morgan fingerprint density at radius 1 is 1.17 bits per heavy atom. The molecule has 0 saturated heterocycles. The van der Waals surface area contributed by atoms with Crippen molar-refractivity contribution in [2.45, 2.75) is 64.1 Å². The van der Waals surface area contributed by atoms with Crippen LogP contribution in [0.5, 0.6) is 0 Å². The molecule has 1 unspecified atom stereocenters. The smallest absolute Gasteiger partial charge is 0.0784 e. The minimum absolute atomic E-state index is 0.340. The maximum absolute atomic E-state index is 9.94. The van der Waals surface area contributed by atoms with E-state index in [0.717, 1.165) is 12.8 Å². The zero-order valence-electron chi connectivity index (χ0n) is 8.69. The Balaban J connectivity index is 3.45. The van der Waals surface area contributed by atoms with Crippen molar-refractivity contribution in [1.82, 2.24) is 0 Å². The lowest BCUT2D eigenvalue weighted by Crippen LogP contribution is -2.33. The van der Waals surface area contributed by atoms with E-state index in [1.807, 2.05) is 0 Å². The Kier molecular flexibility index (Phi) is 6.77. The van der Waals surface area contributed by atoms with Gasteiger partial charge >= 0.3 is 0 Å². The van der Waals surface area contributed by atoms with E-state index in [-0.39, 0.29) is 5.22 Å². The van der Waals surface area contributed by atoms with Gasteiger partial charge < -0.3 is 5.11 Å². The summed E-state index contributed by atoms with van der Waals surface area (Å²) in [6, 6.07) is 0. The molecule has 0 fully saturated rings. The van der Waals surface area contributed by atoms with Crippen LogP contribution < -0.4 is 0 Å². The first-order valence-corrected chi connectivity index (χ1v) is 6.59. The first-order chi connectivity index (χ1) is 5.68. The van der Waals surface area contributed by atoms with E-state index in [1.165, 1.54) is 25.7 Å². The predicted octanol–water partition coefficient (Wildman–Crippen LogP) is 2.81. The molecule has 0 spiro atoms. The fraction of sp³-hybridized carbons (Fsp3) is 1.00. The van der Waals surface area contributed by atoms with Gasteiger partial charge in [0, 0.05) is 0 Å². The van der Waals surface area contributed by atoms with Gasteiger partial charge in [-0.15, -0.1) is 0 Å². The highest BCUT2D eigenvalue weighted by atomic mass is 28.2. The summed E-state index contributed by atoms with van der Waals surface area (Å²) < 4.78 is 0. The Hall–Kier alpha value is 0.177. The minimum Gasteiger partial charge on any atom is -0.394 e. The van der Waals surface area contributed by atoms with Crippen LogP contribution in [0.3, 0.4) is 0 Å². The molecule has 0 heterocycles. The van der Waals surface area contributed by atoms with Crippen LogP contribution in [-0.2, 0) is 0 Å². The Morgan fingerprint density at radius 2 is 1.83 bits per heavy atom. The molecule has 1 N–H and O–H groups in total. The summed E-state index contributed by atoms with van der Waals surface area (Å²) in [6.45, 7) is 6.40. The molecule has 72 valence electrons. The van der Waals surface area contributed by atoms with Gasteiger partial charge in [0.15, 0.2) is 0 Å². The molecule has 0 aliphatic carbocycles. The molecule has 0 amide bonds. The third-order valence-corrected chi connectivity index (χ3v) is 4.03. The fourth-order valence-corrected chi connectivity index (χ4v) is 2.10. The summed E-state index contributed by atoms with van der Waals surface area (Å²) in [5.74, 6) is 0. The lowest BCUT2D eigenvalue weighted by atomic mass is 10.1. The largest absolute Gasteiger partial charge is 0.394 e. The molecule has 12 heavy (non-hydrogen) atoms. The van der Waals surface area contributed by atoms with Gasteiger partial charge in [0.25, 0.3) is 0 Å². The maximum Gasteiger partial charge on any atom is 0.0784 e. The van der Waals surface area contributed by atoms with Crippen LogP contribution in [0.15, 0.2) is 0 Å². The summed E-state index contributed by atoms with van der Waals surface area (Å²) in [5.41, 5.74) is 0. The first kappa shape index (κ1) is 12.2. The highest BCUT2D eigenvalue weighted by Gasteiger charge is 2.21. The molecule has 1 atom stereocenters. The van der Waals surface area contributed by atoms with E-state index in [0.29, 0.717) is 9.52 Å². The number of hydrogen-bond donors (Lipinski definition) is 1. The molecule has 0 aliphatic heterocycles. The van der Waals surface area contributed by atoms with Gasteiger partial charge in [-0.25, -0.2) is 0 Å². The van der Waals surface area contributed by atoms with Crippen LogP contribution >= 0.6 is 0 Å². The third kappa shape index (κ3) is 4.94. The summed E-state index contributed by atoms with van der Waals surface area (Å²) in [4.78, 5) is 0. The van der Waals surface area contributed by atoms with Gasteiger partial charge in [-0.3, -0.25) is 0 Å². The Morgan fingerprint density at radius 3 is 2.25 bits per heavy atom. The first-order valence-electron chi connectivity index (χ1n) is 5.09. The van der Waals surface area contributed by atoms with E-state index in [1.54, 1.807) is 0 Å². The van der Waals surface area contributed by atoms with Crippen molar-refractivity contribution in [2.24, 2.45) is 0 Å². The lowest BCUT2D eigenvalue weighted by Gasteiger charge is -2.24. The van der Waals surface area contributed by atoms with Crippen LogP contribution in [0, 0.1) is 0 Å². The van der Waals surface area contributed by atoms with Crippen LogP contribution in [0.4, 0.5) is 0 Å². The normalized spacial score (nSPS) is 16.0. The highest BCUT2D eigenvalue weighted by molar-refractivity contribution is 6.37. The maximum atomic E-state index is 9.94. The molecule has 0 rings (SSSR count). The number of unbranched alkanes of at least 4 members (excludes halogenated alkanes) is 3. The molecule has 0 aromatic carbocycles. The fourth-order valence-electron chi connectivity index (χ4n) is 1.32. The average Bonchev–Trinajstić information content (AvgIpc) is 2.12. The van der Waals surface area contributed by atoms with E-state index >= 15 is 0 Å². The van der Waals surface area contributed by atoms with Crippen LogP contribution in [0.1, 0.15) is 52.4 Å². The third-order valence-electron chi connectivity index (χ3n) is 2.49. The molecule has 0 aromatic heterocycles. The zero-order valence-corrected chi connectivity index (χ0v) is 9.69. The molecule has 2 heteroatoms. The topological polar surface area (TPSA) is 20.2 Å². The second-order valence-electron chi connectivity index (χ2n) is 3.45. The molecule has 0 aromatic rings. The van der Waals surface area contributed by atoms with Crippen LogP contribution in [0.2, 0.25) is 6.55 Å².